The fraction of sp³-hybridized carbons (Fsp3) is 0. The van der Waals surface area contributed by atoms with Gasteiger partial charge in [-0.3, -0.25) is 0 Å². The zero-order valence-corrected chi connectivity index (χ0v) is 9.48. The van der Waals surface area contributed by atoms with Gasteiger partial charge in [0.2, 0.25) is 5.28 Å². The highest BCUT2D eigenvalue weighted by Gasteiger charge is 2.11. The van der Waals surface area contributed by atoms with E-state index in [-0.39, 0.29) is 5.28 Å². The van der Waals surface area contributed by atoms with Gasteiger partial charge in [-0.05, 0) is 23.7 Å². The molecule has 4 nitrogen and oxygen atoms in total. The number of furan rings is 1. The summed E-state index contributed by atoms with van der Waals surface area (Å²) in [6, 6.07) is 9.58. The maximum atomic E-state index is 5.80. The second kappa shape index (κ2) is 3.75. The Morgan fingerprint density at radius 1 is 1.24 bits per heavy atom. The molecule has 1 aromatic carbocycles. The van der Waals surface area contributed by atoms with Crippen molar-refractivity contribution in [3.05, 3.63) is 41.8 Å². The average molecular weight is 246 g/mol. The van der Waals surface area contributed by atoms with E-state index in [1.165, 1.54) is 6.20 Å². The third-order valence-corrected chi connectivity index (χ3v) is 2.63. The molecule has 0 fully saturated rings. The summed E-state index contributed by atoms with van der Waals surface area (Å²) in [5, 5.41) is 1.14. The van der Waals surface area contributed by atoms with Gasteiger partial charge in [0.1, 0.15) is 11.3 Å². The number of para-hydroxylation sites is 1. The number of hydrogen-bond donors (Lipinski definition) is 1. The summed E-state index contributed by atoms with van der Waals surface area (Å²) in [5.74, 6) is 0.591. The van der Waals surface area contributed by atoms with Crippen LogP contribution in [0.1, 0.15) is 0 Å². The molecule has 17 heavy (non-hydrogen) atoms. The number of anilines is 1. The lowest BCUT2D eigenvalue weighted by Crippen LogP contribution is -1.94. The van der Waals surface area contributed by atoms with E-state index >= 15 is 0 Å². The number of aromatic nitrogens is 2. The van der Waals surface area contributed by atoms with Crippen LogP contribution in [0.4, 0.5) is 5.69 Å². The van der Waals surface area contributed by atoms with Gasteiger partial charge in [0.05, 0.1) is 11.9 Å². The van der Waals surface area contributed by atoms with Crippen molar-refractivity contribution in [1.29, 1.82) is 0 Å². The lowest BCUT2D eigenvalue weighted by molar-refractivity contribution is 0.629. The molecule has 0 aliphatic heterocycles. The molecule has 2 aromatic heterocycles. The van der Waals surface area contributed by atoms with Crippen LogP contribution < -0.4 is 5.73 Å². The number of benzene rings is 1. The minimum absolute atomic E-state index is 0.148. The second-order valence-corrected chi connectivity index (χ2v) is 3.93. The SMILES string of the molecule is Nc1cnc(Cl)nc1-c1cc2ccccc2o1. The lowest BCUT2D eigenvalue weighted by atomic mass is 10.2. The van der Waals surface area contributed by atoms with Crippen LogP contribution in [0.5, 0.6) is 0 Å². The second-order valence-electron chi connectivity index (χ2n) is 3.59. The van der Waals surface area contributed by atoms with Gasteiger partial charge in [0.15, 0.2) is 5.76 Å². The number of nitrogens with zero attached hydrogens (tertiary/aromatic N) is 2. The summed E-state index contributed by atoms with van der Waals surface area (Å²) < 4.78 is 5.66. The standard InChI is InChI=1S/C12H8ClN3O/c13-12-15-6-8(14)11(16-12)10-5-7-3-1-2-4-9(7)17-10/h1-6H,14H2. The molecule has 2 N–H and O–H groups in total. The van der Waals surface area contributed by atoms with E-state index in [0.717, 1.165) is 11.0 Å². The van der Waals surface area contributed by atoms with Gasteiger partial charge in [-0.25, -0.2) is 9.97 Å². The third kappa shape index (κ3) is 1.72. The number of nitrogens with two attached hydrogens (primary N) is 1. The van der Waals surface area contributed by atoms with Crippen LogP contribution in [0.3, 0.4) is 0 Å². The van der Waals surface area contributed by atoms with Crippen LogP contribution in [0.15, 0.2) is 40.9 Å². The molecule has 84 valence electrons. The minimum Gasteiger partial charge on any atom is -0.454 e. The summed E-state index contributed by atoms with van der Waals surface area (Å²) >= 11 is 5.75. The van der Waals surface area contributed by atoms with E-state index in [1.807, 2.05) is 30.3 Å². The third-order valence-electron chi connectivity index (χ3n) is 2.45. The molecular weight excluding hydrogens is 238 g/mol. The van der Waals surface area contributed by atoms with Gasteiger partial charge in [-0.2, -0.15) is 0 Å². The largest absolute Gasteiger partial charge is 0.454 e. The predicted molar refractivity (Wildman–Crippen MR) is 66.7 cm³/mol. The first-order valence-electron chi connectivity index (χ1n) is 5.01. The highest BCUT2D eigenvalue weighted by Crippen LogP contribution is 2.29. The molecule has 0 aliphatic carbocycles. The Kier molecular flexibility index (Phi) is 2.23. The monoisotopic (exact) mass is 245 g/mol. The van der Waals surface area contributed by atoms with Gasteiger partial charge in [-0.15, -0.1) is 0 Å². The first-order chi connectivity index (χ1) is 8.24. The minimum atomic E-state index is 0.148. The van der Waals surface area contributed by atoms with Crippen LogP contribution in [0.2, 0.25) is 5.28 Å². The van der Waals surface area contributed by atoms with Gasteiger partial charge < -0.3 is 10.2 Å². The lowest BCUT2D eigenvalue weighted by Gasteiger charge is -2.00. The predicted octanol–water partition coefficient (Wildman–Crippen LogP) is 3.13. The highest BCUT2D eigenvalue weighted by molar-refractivity contribution is 6.28. The van der Waals surface area contributed by atoms with Crippen molar-refractivity contribution in [3.8, 4) is 11.5 Å². The fourth-order valence-corrected chi connectivity index (χ4v) is 1.80. The smallest absolute Gasteiger partial charge is 0.223 e. The summed E-state index contributed by atoms with van der Waals surface area (Å²) in [4.78, 5) is 7.88. The molecule has 3 rings (SSSR count). The summed E-state index contributed by atoms with van der Waals surface area (Å²) in [5.41, 5.74) is 7.54. The molecule has 0 amide bonds. The number of halogens is 1. The number of hydrogen-bond acceptors (Lipinski definition) is 4. The van der Waals surface area contributed by atoms with Gasteiger partial charge in [0.25, 0.3) is 0 Å². The first kappa shape index (κ1) is 10.1. The summed E-state index contributed by atoms with van der Waals surface area (Å²) in [7, 11) is 0. The molecule has 3 aromatic rings. The summed E-state index contributed by atoms with van der Waals surface area (Å²) in [6.07, 6.45) is 1.47. The normalized spacial score (nSPS) is 10.9. The van der Waals surface area contributed by atoms with Crippen molar-refractivity contribution >= 4 is 28.3 Å². The quantitative estimate of drug-likeness (QED) is 0.669. The van der Waals surface area contributed by atoms with Crippen LogP contribution in [0, 0.1) is 0 Å². The molecule has 0 atom stereocenters. The average Bonchev–Trinajstić information content (AvgIpc) is 2.75. The van der Waals surface area contributed by atoms with E-state index in [4.69, 9.17) is 21.8 Å². The Bertz CT molecular complexity index is 660. The Morgan fingerprint density at radius 3 is 2.88 bits per heavy atom. The number of fused-ring (bicyclic) bond motifs is 1. The van der Waals surface area contributed by atoms with Gasteiger partial charge in [-0.1, -0.05) is 18.2 Å². The van der Waals surface area contributed by atoms with Gasteiger partial charge >= 0.3 is 0 Å². The van der Waals surface area contributed by atoms with E-state index in [0.29, 0.717) is 17.1 Å². The first-order valence-corrected chi connectivity index (χ1v) is 5.39. The van der Waals surface area contributed by atoms with Crippen molar-refractivity contribution in [2.45, 2.75) is 0 Å². The van der Waals surface area contributed by atoms with Crippen LogP contribution in [-0.4, -0.2) is 9.97 Å². The highest BCUT2D eigenvalue weighted by atomic mass is 35.5. The van der Waals surface area contributed by atoms with Gasteiger partial charge in [0, 0.05) is 5.39 Å². The van der Waals surface area contributed by atoms with E-state index < -0.39 is 0 Å². The maximum Gasteiger partial charge on any atom is 0.223 e. The summed E-state index contributed by atoms with van der Waals surface area (Å²) in [6.45, 7) is 0. The van der Waals surface area contributed by atoms with E-state index in [9.17, 15) is 0 Å². The Morgan fingerprint density at radius 2 is 2.06 bits per heavy atom. The van der Waals surface area contributed by atoms with E-state index in [1.54, 1.807) is 0 Å². The fourth-order valence-electron chi connectivity index (χ4n) is 1.67. The Balaban J connectivity index is 2.23. The molecule has 0 bridgehead atoms. The zero-order valence-electron chi connectivity index (χ0n) is 8.72. The van der Waals surface area contributed by atoms with Crippen LogP contribution >= 0.6 is 11.6 Å². The van der Waals surface area contributed by atoms with Crippen molar-refractivity contribution in [1.82, 2.24) is 9.97 Å². The number of rotatable bonds is 1. The molecule has 2 heterocycles. The van der Waals surface area contributed by atoms with Crippen molar-refractivity contribution in [3.63, 3.8) is 0 Å². The van der Waals surface area contributed by atoms with Crippen molar-refractivity contribution < 1.29 is 4.42 Å². The molecule has 0 radical (unpaired) electrons. The van der Waals surface area contributed by atoms with E-state index in [2.05, 4.69) is 9.97 Å². The maximum absolute atomic E-state index is 5.80. The van der Waals surface area contributed by atoms with Crippen LogP contribution in [0.25, 0.3) is 22.4 Å². The Labute approximate surface area is 102 Å². The molecule has 0 aliphatic rings. The molecule has 0 spiro atoms. The topological polar surface area (TPSA) is 64.9 Å². The molecule has 0 saturated heterocycles. The van der Waals surface area contributed by atoms with Crippen molar-refractivity contribution in [2.24, 2.45) is 0 Å². The molecule has 0 saturated carbocycles. The number of nitrogen functional groups attached to an aromatic ring is 1. The molecule has 0 unspecified atom stereocenters. The van der Waals surface area contributed by atoms with Crippen LogP contribution in [-0.2, 0) is 0 Å². The van der Waals surface area contributed by atoms with Crippen molar-refractivity contribution in [2.75, 3.05) is 5.73 Å². The molecule has 5 heteroatoms. The Hall–Kier alpha value is -2.07. The zero-order chi connectivity index (χ0) is 11.8. The molecular formula is C12H8ClN3O.